The third kappa shape index (κ3) is 5.94. The van der Waals surface area contributed by atoms with Gasteiger partial charge in [-0.15, -0.1) is 0 Å². The number of nitrogens with one attached hydrogen (secondary N) is 1. The first-order chi connectivity index (χ1) is 19.4. The van der Waals surface area contributed by atoms with Gasteiger partial charge in [-0.1, -0.05) is 44.6 Å². The Morgan fingerprint density at radius 1 is 0.950 bits per heavy atom. The maximum absolute atomic E-state index is 15.7. The standard InChI is InChI=1S/C31H35F4N3O2/c1-40-29(20-16-21(32)18-22(33)17-20)24-12-13-25(34)27(35)26(24)30-36-14-15-38(30)28(19-8-4-2-5-9-19)31(39)37-23-10-6-3-7-11-23/h12-19,23,28-29H,2-11H2,1H3,(H,37,39). The highest BCUT2D eigenvalue weighted by Crippen LogP contribution is 2.40. The van der Waals surface area contributed by atoms with Crippen LogP contribution in [-0.4, -0.2) is 28.6 Å². The van der Waals surface area contributed by atoms with Crippen LogP contribution in [0.1, 0.15) is 87.5 Å². The number of methoxy groups -OCH3 is 1. The van der Waals surface area contributed by atoms with Gasteiger partial charge in [0.25, 0.3) is 0 Å². The van der Waals surface area contributed by atoms with Gasteiger partial charge in [0.05, 0.1) is 5.56 Å². The smallest absolute Gasteiger partial charge is 0.243 e. The molecule has 0 radical (unpaired) electrons. The molecule has 214 valence electrons. The van der Waals surface area contributed by atoms with E-state index in [1.165, 1.54) is 19.4 Å². The van der Waals surface area contributed by atoms with Crippen LogP contribution in [-0.2, 0) is 9.53 Å². The topological polar surface area (TPSA) is 56.2 Å². The fraction of sp³-hybridized carbons (Fsp3) is 0.484. The molecule has 0 saturated heterocycles. The summed E-state index contributed by atoms with van der Waals surface area (Å²) in [5.41, 5.74) is 0.0472. The number of aromatic nitrogens is 2. The summed E-state index contributed by atoms with van der Waals surface area (Å²) in [7, 11) is 1.33. The second kappa shape index (κ2) is 12.5. The summed E-state index contributed by atoms with van der Waals surface area (Å²) in [4.78, 5) is 18.3. The molecule has 2 aromatic carbocycles. The van der Waals surface area contributed by atoms with Crippen molar-refractivity contribution < 1.29 is 27.1 Å². The fourth-order valence-electron chi connectivity index (χ4n) is 6.46. The van der Waals surface area contributed by atoms with Crippen LogP contribution in [0.4, 0.5) is 17.6 Å². The van der Waals surface area contributed by atoms with Gasteiger partial charge in [-0.3, -0.25) is 4.79 Å². The molecule has 3 aromatic rings. The number of hydrogen-bond donors (Lipinski definition) is 1. The van der Waals surface area contributed by atoms with Crippen molar-refractivity contribution in [1.82, 2.24) is 14.9 Å². The molecule has 0 bridgehead atoms. The molecule has 2 saturated carbocycles. The number of hydrogen-bond acceptors (Lipinski definition) is 3. The molecule has 9 heteroatoms. The Hall–Kier alpha value is -3.20. The number of nitrogens with zero attached hydrogens (tertiary/aromatic N) is 2. The van der Waals surface area contributed by atoms with Crippen LogP contribution >= 0.6 is 0 Å². The zero-order chi connectivity index (χ0) is 28.2. The molecular weight excluding hydrogens is 522 g/mol. The normalized spacial score (nSPS) is 18.4. The molecule has 0 spiro atoms. The van der Waals surface area contributed by atoms with E-state index >= 15 is 4.39 Å². The number of benzene rings is 2. The Bertz CT molecular complexity index is 1310. The molecule has 2 atom stereocenters. The van der Waals surface area contributed by atoms with Crippen molar-refractivity contribution in [2.45, 2.75) is 82.4 Å². The molecule has 0 aliphatic heterocycles. The van der Waals surface area contributed by atoms with E-state index in [1.54, 1.807) is 10.8 Å². The van der Waals surface area contributed by atoms with Gasteiger partial charge in [0.15, 0.2) is 11.6 Å². The first kappa shape index (κ1) is 28.3. The molecule has 1 N–H and O–H groups in total. The fourth-order valence-corrected chi connectivity index (χ4v) is 6.46. The van der Waals surface area contributed by atoms with Gasteiger partial charge in [0, 0.05) is 31.6 Å². The minimum Gasteiger partial charge on any atom is -0.372 e. The lowest BCUT2D eigenvalue weighted by Gasteiger charge is -2.33. The predicted octanol–water partition coefficient (Wildman–Crippen LogP) is 7.41. The van der Waals surface area contributed by atoms with Crippen molar-refractivity contribution in [3.05, 3.63) is 77.1 Å². The Morgan fingerprint density at radius 2 is 1.60 bits per heavy atom. The van der Waals surface area contributed by atoms with E-state index in [0.717, 1.165) is 88.5 Å². The SMILES string of the molecule is COC(c1cc(F)cc(F)c1)c1ccc(F)c(F)c1-c1nccn1C(C(=O)NC1CCCCC1)C1CCCCC1. The number of carbonyl (C=O) groups is 1. The molecule has 2 unspecified atom stereocenters. The summed E-state index contributed by atoms with van der Waals surface area (Å²) >= 11 is 0. The van der Waals surface area contributed by atoms with E-state index in [1.807, 2.05) is 0 Å². The highest BCUT2D eigenvalue weighted by molar-refractivity contribution is 5.82. The van der Waals surface area contributed by atoms with E-state index < -0.39 is 35.4 Å². The summed E-state index contributed by atoms with van der Waals surface area (Å²) in [5.74, 6) is -3.99. The molecule has 2 fully saturated rings. The molecular formula is C31H35F4N3O2. The zero-order valence-electron chi connectivity index (χ0n) is 22.6. The molecule has 2 aliphatic rings. The van der Waals surface area contributed by atoms with Gasteiger partial charge < -0.3 is 14.6 Å². The number of carbonyl (C=O) groups excluding carboxylic acids is 1. The number of rotatable bonds is 8. The summed E-state index contributed by atoms with van der Waals surface area (Å²) in [6, 6.07) is 4.63. The van der Waals surface area contributed by atoms with Crippen molar-refractivity contribution in [1.29, 1.82) is 0 Å². The third-order valence-corrected chi connectivity index (χ3v) is 8.34. The number of imidazole rings is 1. The van der Waals surface area contributed by atoms with E-state index in [-0.39, 0.29) is 40.4 Å². The first-order valence-electron chi connectivity index (χ1n) is 14.2. The minimum atomic E-state index is -1.17. The Morgan fingerprint density at radius 3 is 2.25 bits per heavy atom. The molecule has 1 amide bonds. The zero-order valence-corrected chi connectivity index (χ0v) is 22.6. The van der Waals surface area contributed by atoms with E-state index in [0.29, 0.717) is 0 Å². The summed E-state index contributed by atoms with van der Waals surface area (Å²) < 4.78 is 66.0. The summed E-state index contributed by atoms with van der Waals surface area (Å²) in [6.45, 7) is 0. The van der Waals surface area contributed by atoms with E-state index in [4.69, 9.17) is 4.74 Å². The maximum Gasteiger partial charge on any atom is 0.243 e. The van der Waals surface area contributed by atoms with Crippen LogP contribution in [0, 0.1) is 29.2 Å². The van der Waals surface area contributed by atoms with Crippen LogP contribution in [0.2, 0.25) is 0 Å². The molecule has 2 aliphatic carbocycles. The van der Waals surface area contributed by atoms with Crippen LogP contribution < -0.4 is 5.32 Å². The van der Waals surface area contributed by atoms with Crippen molar-refractivity contribution in [3.63, 3.8) is 0 Å². The van der Waals surface area contributed by atoms with Crippen LogP contribution in [0.5, 0.6) is 0 Å². The van der Waals surface area contributed by atoms with Gasteiger partial charge in [-0.05, 0) is 60.9 Å². The van der Waals surface area contributed by atoms with E-state index in [9.17, 15) is 18.0 Å². The lowest BCUT2D eigenvalue weighted by Crippen LogP contribution is -2.43. The second-order valence-corrected chi connectivity index (χ2v) is 11.0. The van der Waals surface area contributed by atoms with E-state index in [2.05, 4.69) is 10.3 Å². The first-order valence-corrected chi connectivity index (χ1v) is 14.2. The Balaban J connectivity index is 1.61. The minimum absolute atomic E-state index is 0.000832. The van der Waals surface area contributed by atoms with Gasteiger partial charge in [0.2, 0.25) is 5.91 Å². The van der Waals surface area contributed by atoms with Gasteiger partial charge in [0.1, 0.15) is 29.6 Å². The monoisotopic (exact) mass is 557 g/mol. The highest BCUT2D eigenvalue weighted by Gasteiger charge is 2.35. The second-order valence-electron chi connectivity index (χ2n) is 11.0. The highest BCUT2D eigenvalue weighted by atomic mass is 19.2. The largest absolute Gasteiger partial charge is 0.372 e. The lowest BCUT2D eigenvalue weighted by atomic mass is 9.82. The van der Waals surface area contributed by atoms with Crippen LogP contribution in [0.25, 0.3) is 11.4 Å². The number of halogens is 4. The predicted molar refractivity (Wildman–Crippen MR) is 143 cm³/mol. The number of amides is 1. The third-order valence-electron chi connectivity index (χ3n) is 8.34. The van der Waals surface area contributed by atoms with Gasteiger partial charge in [-0.25, -0.2) is 22.5 Å². The van der Waals surface area contributed by atoms with Gasteiger partial charge >= 0.3 is 0 Å². The van der Waals surface area contributed by atoms with Gasteiger partial charge in [-0.2, -0.15) is 0 Å². The lowest BCUT2D eigenvalue weighted by molar-refractivity contribution is -0.127. The summed E-state index contributed by atoms with van der Waals surface area (Å²) in [6.07, 6.45) is 11.8. The van der Waals surface area contributed by atoms with Crippen molar-refractivity contribution in [2.24, 2.45) is 5.92 Å². The molecule has 1 aromatic heterocycles. The maximum atomic E-state index is 15.7. The van der Waals surface area contributed by atoms with Crippen LogP contribution in [0.15, 0.2) is 42.7 Å². The van der Waals surface area contributed by atoms with Crippen molar-refractivity contribution in [2.75, 3.05) is 7.11 Å². The van der Waals surface area contributed by atoms with Crippen molar-refractivity contribution >= 4 is 5.91 Å². The van der Waals surface area contributed by atoms with Crippen LogP contribution in [0.3, 0.4) is 0 Å². The quantitative estimate of drug-likeness (QED) is 0.294. The summed E-state index contributed by atoms with van der Waals surface area (Å²) in [5, 5.41) is 3.23. The molecule has 5 nitrogen and oxygen atoms in total. The molecule has 1 heterocycles. The number of ether oxygens (including phenoxy) is 1. The average molecular weight is 558 g/mol. The van der Waals surface area contributed by atoms with Crippen molar-refractivity contribution in [3.8, 4) is 11.4 Å². The Kier molecular flexibility index (Phi) is 8.88. The molecule has 5 rings (SSSR count). The average Bonchev–Trinajstić information content (AvgIpc) is 3.40. The molecule has 40 heavy (non-hydrogen) atoms. The Labute approximate surface area is 231 Å².